The zero-order valence-corrected chi connectivity index (χ0v) is 15.5. The standard InChI is InChI=1S/C24H27N/c1-16-4-6-19(7-5-16)20-8-9-23-21(15-20)10-11-25-24(23)22-13-17(2)12-18(3)14-22/h8-16,19H,4-7H2,1-3H3. The molecule has 1 nitrogen and oxygen atoms in total. The van der Waals surface area contributed by atoms with Gasteiger partial charge in [-0.05, 0) is 67.7 Å². The third-order valence-corrected chi connectivity index (χ3v) is 5.77. The number of hydrogen-bond acceptors (Lipinski definition) is 1. The van der Waals surface area contributed by atoms with Crippen molar-refractivity contribution < 1.29 is 0 Å². The molecule has 3 aromatic rings. The van der Waals surface area contributed by atoms with Crippen molar-refractivity contribution in [3.63, 3.8) is 0 Å². The van der Waals surface area contributed by atoms with Gasteiger partial charge in [-0.25, -0.2) is 0 Å². The summed E-state index contributed by atoms with van der Waals surface area (Å²) in [5.74, 6) is 1.63. The highest BCUT2D eigenvalue weighted by Gasteiger charge is 2.20. The number of pyridine rings is 1. The first-order valence-electron chi connectivity index (χ1n) is 9.57. The Hall–Kier alpha value is -2.15. The predicted octanol–water partition coefficient (Wildman–Crippen LogP) is 6.81. The third kappa shape index (κ3) is 3.33. The topological polar surface area (TPSA) is 12.9 Å². The number of rotatable bonds is 2. The van der Waals surface area contributed by atoms with E-state index in [-0.39, 0.29) is 0 Å². The minimum Gasteiger partial charge on any atom is -0.256 e. The summed E-state index contributed by atoms with van der Waals surface area (Å²) in [6.07, 6.45) is 7.37. The van der Waals surface area contributed by atoms with Crippen molar-refractivity contribution in [1.82, 2.24) is 4.98 Å². The Bertz CT molecular complexity index is 881. The van der Waals surface area contributed by atoms with Gasteiger partial charge in [-0.3, -0.25) is 4.98 Å². The lowest BCUT2D eigenvalue weighted by molar-refractivity contribution is 0.348. The summed E-state index contributed by atoms with van der Waals surface area (Å²) in [6, 6.07) is 15.9. The van der Waals surface area contributed by atoms with Gasteiger partial charge in [-0.2, -0.15) is 0 Å². The zero-order valence-electron chi connectivity index (χ0n) is 15.5. The van der Waals surface area contributed by atoms with E-state index in [9.17, 15) is 0 Å². The molecule has 4 rings (SSSR count). The van der Waals surface area contributed by atoms with Crippen LogP contribution in [0.5, 0.6) is 0 Å². The maximum atomic E-state index is 4.71. The van der Waals surface area contributed by atoms with E-state index in [0.29, 0.717) is 0 Å². The van der Waals surface area contributed by atoms with Crippen molar-refractivity contribution in [2.45, 2.75) is 52.4 Å². The van der Waals surface area contributed by atoms with Crippen LogP contribution >= 0.6 is 0 Å². The molecule has 0 spiro atoms. The van der Waals surface area contributed by atoms with Gasteiger partial charge in [0.1, 0.15) is 0 Å². The van der Waals surface area contributed by atoms with Gasteiger partial charge in [0.25, 0.3) is 0 Å². The highest BCUT2D eigenvalue weighted by molar-refractivity contribution is 5.95. The van der Waals surface area contributed by atoms with Gasteiger partial charge < -0.3 is 0 Å². The van der Waals surface area contributed by atoms with E-state index in [1.54, 1.807) is 0 Å². The molecule has 1 saturated carbocycles. The average Bonchev–Trinajstić information content (AvgIpc) is 2.60. The van der Waals surface area contributed by atoms with Crippen LogP contribution in [-0.4, -0.2) is 4.98 Å². The molecule has 1 aliphatic carbocycles. The van der Waals surface area contributed by atoms with Crippen LogP contribution in [0.3, 0.4) is 0 Å². The quantitative estimate of drug-likeness (QED) is 0.503. The monoisotopic (exact) mass is 329 g/mol. The van der Waals surface area contributed by atoms with Gasteiger partial charge in [0.2, 0.25) is 0 Å². The molecule has 0 aliphatic heterocycles. The summed E-state index contributed by atoms with van der Waals surface area (Å²) >= 11 is 0. The molecule has 1 aliphatic rings. The molecular formula is C24H27N. The van der Waals surface area contributed by atoms with Gasteiger partial charge in [-0.15, -0.1) is 0 Å². The lowest BCUT2D eigenvalue weighted by atomic mass is 9.79. The SMILES string of the molecule is Cc1cc(C)cc(-c2nccc3cc(C4CCC(C)CC4)ccc23)c1. The summed E-state index contributed by atoms with van der Waals surface area (Å²) in [7, 11) is 0. The Kier molecular flexibility index (Phi) is 4.33. The van der Waals surface area contributed by atoms with E-state index in [1.165, 1.54) is 58.7 Å². The molecule has 0 bridgehead atoms. The molecule has 0 atom stereocenters. The number of hydrogen-bond donors (Lipinski definition) is 0. The van der Waals surface area contributed by atoms with Crippen LogP contribution in [0, 0.1) is 19.8 Å². The lowest BCUT2D eigenvalue weighted by Crippen LogP contribution is -2.10. The van der Waals surface area contributed by atoms with Crippen molar-refractivity contribution in [2.24, 2.45) is 5.92 Å². The Morgan fingerprint density at radius 1 is 0.840 bits per heavy atom. The van der Waals surface area contributed by atoms with E-state index in [2.05, 4.69) is 63.2 Å². The number of benzene rings is 2. The Labute approximate surface area is 151 Å². The van der Waals surface area contributed by atoms with Crippen LogP contribution in [0.2, 0.25) is 0 Å². The summed E-state index contributed by atoms with van der Waals surface area (Å²) in [6.45, 7) is 6.70. The fraction of sp³-hybridized carbons (Fsp3) is 0.375. The molecule has 1 aromatic heterocycles. The van der Waals surface area contributed by atoms with Crippen LogP contribution in [0.4, 0.5) is 0 Å². The molecule has 1 fully saturated rings. The van der Waals surface area contributed by atoms with Crippen molar-refractivity contribution in [3.05, 3.63) is 65.4 Å². The molecule has 2 aromatic carbocycles. The van der Waals surface area contributed by atoms with E-state index in [0.717, 1.165) is 17.5 Å². The smallest absolute Gasteiger partial charge is 0.0780 e. The van der Waals surface area contributed by atoms with Crippen molar-refractivity contribution in [3.8, 4) is 11.3 Å². The molecule has 1 heteroatoms. The minimum absolute atomic E-state index is 0.735. The Morgan fingerprint density at radius 2 is 1.56 bits per heavy atom. The molecular weight excluding hydrogens is 302 g/mol. The van der Waals surface area contributed by atoms with Gasteiger partial charge in [0.05, 0.1) is 5.69 Å². The second-order valence-electron chi connectivity index (χ2n) is 7.97. The van der Waals surface area contributed by atoms with Crippen LogP contribution in [0.25, 0.3) is 22.0 Å². The second-order valence-corrected chi connectivity index (χ2v) is 7.97. The molecule has 0 saturated heterocycles. The van der Waals surface area contributed by atoms with Crippen molar-refractivity contribution >= 4 is 10.8 Å². The summed E-state index contributed by atoms with van der Waals surface area (Å²) < 4.78 is 0. The molecule has 128 valence electrons. The second kappa shape index (κ2) is 6.63. The van der Waals surface area contributed by atoms with Crippen LogP contribution in [0.15, 0.2) is 48.7 Å². The third-order valence-electron chi connectivity index (χ3n) is 5.77. The molecule has 1 heterocycles. The fourth-order valence-electron chi connectivity index (χ4n) is 4.39. The summed E-state index contributed by atoms with van der Waals surface area (Å²) in [4.78, 5) is 4.71. The fourth-order valence-corrected chi connectivity index (χ4v) is 4.39. The maximum Gasteiger partial charge on any atom is 0.0780 e. The predicted molar refractivity (Wildman–Crippen MR) is 107 cm³/mol. The molecule has 25 heavy (non-hydrogen) atoms. The van der Waals surface area contributed by atoms with Gasteiger partial charge >= 0.3 is 0 Å². The van der Waals surface area contributed by atoms with Crippen LogP contribution in [-0.2, 0) is 0 Å². The average molecular weight is 329 g/mol. The first kappa shape index (κ1) is 16.3. The highest BCUT2D eigenvalue weighted by Crippen LogP contribution is 2.37. The van der Waals surface area contributed by atoms with Crippen LogP contribution in [0.1, 0.15) is 55.2 Å². The molecule has 0 N–H and O–H groups in total. The van der Waals surface area contributed by atoms with E-state index in [4.69, 9.17) is 4.98 Å². The summed E-state index contributed by atoms with van der Waals surface area (Å²) in [5.41, 5.74) is 6.43. The summed E-state index contributed by atoms with van der Waals surface area (Å²) in [5, 5.41) is 2.58. The number of fused-ring (bicyclic) bond motifs is 1. The lowest BCUT2D eigenvalue weighted by Gasteiger charge is -2.26. The van der Waals surface area contributed by atoms with Crippen molar-refractivity contribution in [1.29, 1.82) is 0 Å². The Balaban J connectivity index is 1.75. The first-order chi connectivity index (χ1) is 12.1. The van der Waals surface area contributed by atoms with Gasteiger partial charge in [0, 0.05) is 17.1 Å². The number of aromatic nitrogens is 1. The maximum absolute atomic E-state index is 4.71. The molecule has 0 amide bonds. The largest absolute Gasteiger partial charge is 0.256 e. The van der Waals surface area contributed by atoms with E-state index >= 15 is 0 Å². The van der Waals surface area contributed by atoms with E-state index in [1.807, 2.05) is 6.20 Å². The van der Waals surface area contributed by atoms with Gasteiger partial charge in [0.15, 0.2) is 0 Å². The van der Waals surface area contributed by atoms with E-state index < -0.39 is 0 Å². The minimum atomic E-state index is 0.735. The van der Waals surface area contributed by atoms with Crippen molar-refractivity contribution in [2.75, 3.05) is 0 Å². The Morgan fingerprint density at radius 3 is 2.28 bits per heavy atom. The zero-order chi connectivity index (χ0) is 17.4. The normalized spacial score (nSPS) is 20.8. The van der Waals surface area contributed by atoms with Gasteiger partial charge in [-0.1, -0.05) is 55.2 Å². The first-order valence-corrected chi connectivity index (χ1v) is 9.57. The molecule has 0 unspecified atom stereocenters. The number of aryl methyl sites for hydroxylation is 2. The van der Waals surface area contributed by atoms with Crippen LogP contribution < -0.4 is 0 Å². The highest BCUT2D eigenvalue weighted by atomic mass is 14.7. The molecule has 0 radical (unpaired) electrons. The number of nitrogens with zero attached hydrogens (tertiary/aromatic N) is 1.